The van der Waals surface area contributed by atoms with E-state index in [9.17, 15) is 4.79 Å². The molecule has 0 saturated heterocycles. The molecule has 2 heteroatoms. The van der Waals surface area contributed by atoms with Crippen LogP contribution in [0.4, 0.5) is 0 Å². The smallest absolute Gasteiger partial charge is 0.343 e. The molecule has 1 unspecified atom stereocenters. The average molecular weight is 214 g/mol. The molecule has 0 aliphatic heterocycles. The molecule has 0 heterocycles. The lowest BCUT2D eigenvalue weighted by molar-refractivity contribution is -0.129. The van der Waals surface area contributed by atoms with E-state index in [1.54, 1.807) is 12.1 Å². The summed E-state index contributed by atoms with van der Waals surface area (Å²) >= 11 is 0. The number of allylic oxidation sites excluding steroid dienone is 2. The number of carbonyl (C=O) groups is 1. The van der Waals surface area contributed by atoms with Crippen molar-refractivity contribution in [3.05, 3.63) is 54.1 Å². The van der Waals surface area contributed by atoms with E-state index >= 15 is 0 Å². The van der Waals surface area contributed by atoms with Crippen molar-refractivity contribution in [1.82, 2.24) is 0 Å². The molecule has 1 aliphatic rings. The first-order valence-electron chi connectivity index (χ1n) is 5.41. The predicted octanol–water partition coefficient (Wildman–Crippen LogP) is 3.11. The minimum absolute atomic E-state index is 0.283. The van der Waals surface area contributed by atoms with Gasteiger partial charge in [0.05, 0.1) is 5.57 Å². The number of para-hydroxylation sites is 1. The third-order valence-corrected chi connectivity index (χ3v) is 2.50. The normalized spacial score (nSPS) is 19.1. The Labute approximate surface area is 95.2 Å². The second kappa shape index (κ2) is 4.79. The number of hydrogen-bond donors (Lipinski definition) is 0. The Hall–Kier alpha value is -1.83. The molecule has 0 aromatic heterocycles. The van der Waals surface area contributed by atoms with Gasteiger partial charge in [-0.05, 0) is 24.5 Å². The Morgan fingerprint density at radius 2 is 2.06 bits per heavy atom. The van der Waals surface area contributed by atoms with Crippen LogP contribution in [0.2, 0.25) is 0 Å². The largest absolute Gasteiger partial charge is 0.423 e. The number of rotatable bonds is 2. The SMILES string of the molecule is CC1C=CC(C(=O)Oc2ccccc2)=CC1. The van der Waals surface area contributed by atoms with E-state index in [-0.39, 0.29) is 5.97 Å². The van der Waals surface area contributed by atoms with Gasteiger partial charge in [-0.2, -0.15) is 0 Å². The van der Waals surface area contributed by atoms with E-state index in [4.69, 9.17) is 4.74 Å². The van der Waals surface area contributed by atoms with E-state index in [1.165, 1.54) is 0 Å². The fourth-order valence-electron chi connectivity index (χ4n) is 1.53. The van der Waals surface area contributed by atoms with E-state index in [0.29, 0.717) is 17.2 Å². The molecular formula is C14H14O2. The Balaban J connectivity index is 2.02. The zero-order valence-corrected chi connectivity index (χ0v) is 9.22. The average Bonchev–Trinajstić information content (AvgIpc) is 2.31. The van der Waals surface area contributed by atoms with Crippen LogP contribution in [0.25, 0.3) is 0 Å². The number of esters is 1. The molecular weight excluding hydrogens is 200 g/mol. The summed E-state index contributed by atoms with van der Waals surface area (Å²) in [6, 6.07) is 9.12. The predicted molar refractivity (Wildman–Crippen MR) is 63.1 cm³/mol. The molecule has 0 radical (unpaired) electrons. The van der Waals surface area contributed by atoms with Gasteiger partial charge in [-0.15, -0.1) is 0 Å². The summed E-state index contributed by atoms with van der Waals surface area (Å²) in [5.41, 5.74) is 0.641. The molecule has 1 aliphatic carbocycles. The molecule has 1 aromatic rings. The third-order valence-electron chi connectivity index (χ3n) is 2.50. The van der Waals surface area contributed by atoms with Crippen molar-refractivity contribution in [2.75, 3.05) is 0 Å². The molecule has 0 fully saturated rings. The number of carbonyl (C=O) groups excluding carboxylic acids is 1. The molecule has 2 rings (SSSR count). The van der Waals surface area contributed by atoms with Gasteiger partial charge in [0.25, 0.3) is 0 Å². The molecule has 0 spiro atoms. The summed E-state index contributed by atoms with van der Waals surface area (Å²) in [5.74, 6) is 0.808. The van der Waals surface area contributed by atoms with Crippen molar-refractivity contribution in [2.45, 2.75) is 13.3 Å². The van der Waals surface area contributed by atoms with Gasteiger partial charge in [0.2, 0.25) is 0 Å². The van der Waals surface area contributed by atoms with Crippen LogP contribution < -0.4 is 4.74 Å². The minimum atomic E-state index is -0.283. The van der Waals surface area contributed by atoms with E-state index in [2.05, 4.69) is 6.92 Å². The van der Waals surface area contributed by atoms with Gasteiger partial charge in [0.15, 0.2) is 0 Å². The van der Waals surface area contributed by atoms with Crippen LogP contribution in [-0.2, 0) is 4.79 Å². The first kappa shape index (κ1) is 10.7. The Morgan fingerprint density at radius 3 is 2.69 bits per heavy atom. The van der Waals surface area contributed by atoms with Gasteiger partial charge in [-0.3, -0.25) is 0 Å². The van der Waals surface area contributed by atoms with Gasteiger partial charge in [-0.1, -0.05) is 43.4 Å². The van der Waals surface area contributed by atoms with Crippen LogP contribution in [-0.4, -0.2) is 5.97 Å². The van der Waals surface area contributed by atoms with E-state index < -0.39 is 0 Å². The summed E-state index contributed by atoms with van der Waals surface area (Å²) in [6.07, 6.45) is 6.69. The lowest BCUT2D eigenvalue weighted by Gasteiger charge is -2.10. The summed E-state index contributed by atoms with van der Waals surface area (Å²) in [6.45, 7) is 2.12. The summed E-state index contributed by atoms with van der Waals surface area (Å²) < 4.78 is 5.23. The maximum Gasteiger partial charge on any atom is 0.343 e. The van der Waals surface area contributed by atoms with Gasteiger partial charge in [-0.25, -0.2) is 4.79 Å². The van der Waals surface area contributed by atoms with Crippen molar-refractivity contribution in [3.8, 4) is 5.75 Å². The van der Waals surface area contributed by atoms with Gasteiger partial charge in [0, 0.05) is 0 Å². The molecule has 2 nitrogen and oxygen atoms in total. The maximum absolute atomic E-state index is 11.7. The van der Waals surface area contributed by atoms with Crippen LogP contribution in [0.15, 0.2) is 54.1 Å². The van der Waals surface area contributed by atoms with Gasteiger partial charge in [0.1, 0.15) is 5.75 Å². The topological polar surface area (TPSA) is 26.3 Å². The van der Waals surface area contributed by atoms with Crippen molar-refractivity contribution < 1.29 is 9.53 Å². The lowest BCUT2D eigenvalue weighted by atomic mass is 9.99. The van der Waals surface area contributed by atoms with Crippen molar-refractivity contribution >= 4 is 5.97 Å². The number of benzene rings is 1. The first-order valence-corrected chi connectivity index (χ1v) is 5.41. The first-order chi connectivity index (χ1) is 7.75. The fourth-order valence-corrected chi connectivity index (χ4v) is 1.53. The monoisotopic (exact) mass is 214 g/mol. The van der Waals surface area contributed by atoms with Crippen molar-refractivity contribution in [1.29, 1.82) is 0 Å². The molecule has 1 aromatic carbocycles. The highest BCUT2D eigenvalue weighted by atomic mass is 16.5. The third kappa shape index (κ3) is 2.60. The fraction of sp³-hybridized carbons (Fsp3) is 0.214. The second-order valence-corrected chi connectivity index (χ2v) is 3.93. The maximum atomic E-state index is 11.7. The number of ether oxygens (including phenoxy) is 1. The summed E-state index contributed by atoms with van der Waals surface area (Å²) in [7, 11) is 0. The molecule has 0 bridgehead atoms. The van der Waals surface area contributed by atoms with E-state index in [0.717, 1.165) is 6.42 Å². The Bertz CT molecular complexity index is 429. The quantitative estimate of drug-likeness (QED) is 0.558. The van der Waals surface area contributed by atoms with Gasteiger partial charge < -0.3 is 4.74 Å². The summed E-state index contributed by atoms with van der Waals surface area (Å²) in [5, 5.41) is 0. The highest BCUT2D eigenvalue weighted by Gasteiger charge is 2.12. The number of hydrogen-bond acceptors (Lipinski definition) is 2. The van der Waals surface area contributed by atoms with Crippen LogP contribution in [0, 0.1) is 5.92 Å². The zero-order chi connectivity index (χ0) is 11.4. The minimum Gasteiger partial charge on any atom is -0.423 e. The highest BCUT2D eigenvalue weighted by Crippen LogP contribution is 2.18. The van der Waals surface area contributed by atoms with E-state index in [1.807, 2.05) is 36.4 Å². The van der Waals surface area contributed by atoms with Gasteiger partial charge >= 0.3 is 5.97 Å². The van der Waals surface area contributed by atoms with Crippen LogP contribution in [0.3, 0.4) is 0 Å². The molecule has 16 heavy (non-hydrogen) atoms. The molecule has 82 valence electrons. The van der Waals surface area contributed by atoms with Crippen molar-refractivity contribution in [2.24, 2.45) is 5.92 Å². The molecule has 0 saturated carbocycles. The second-order valence-electron chi connectivity index (χ2n) is 3.93. The van der Waals surface area contributed by atoms with Crippen LogP contribution in [0.5, 0.6) is 5.75 Å². The Morgan fingerprint density at radius 1 is 1.31 bits per heavy atom. The van der Waals surface area contributed by atoms with Crippen LogP contribution in [0.1, 0.15) is 13.3 Å². The molecule has 0 amide bonds. The highest BCUT2D eigenvalue weighted by molar-refractivity contribution is 5.93. The summed E-state index contributed by atoms with van der Waals surface area (Å²) in [4.78, 5) is 11.7. The van der Waals surface area contributed by atoms with Crippen LogP contribution >= 0.6 is 0 Å². The lowest BCUT2D eigenvalue weighted by Crippen LogP contribution is -2.12. The molecule has 0 N–H and O–H groups in total. The Kier molecular flexibility index (Phi) is 3.20. The standard InChI is InChI=1S/C14H14O2/c1-11-7-9-12(10-8-11)14(15)16-13-5-3-2-4-6-13/h2-7,9-11H,8H2,1H3. The van der Waals surface area contributed by atoms with Crippen molar-refractivity contribution in [3.63, 3.8) is 0 Å². The zero-order valence-electron chi connectivity index (χ0n) is 9.22. The molecule has 1 atom stereocenters.